The summed E-state index contributed by atoms with van der Waals surface area (Å²) in [5.41, 5.74) is 0.602. The summed E-state index contributed by atoms with van der Waals surface area (Å²) in [4.78, 5) is 16.7. The second kappa shape index (κ2) is 6.14. The van der Waals surface area contributed by atoms with Crippen LogP contribution in [0.4, 0.5) is 0 Å². The molecule has 1 atom stereocenters. The largest absolute Gasteiger partial charge is 0.460 e. The summed E-state index contributed by atoms with van der Waals surface area (Å²) in [6.07, 6.45) is 2.16. The summed E-state index contributed by atoms with van der Waals surface area (Å²) in [5, 5.41) is 4.58. The van der Waals surface area contributed by atoms with Gasteiger partial charge in [0.25, 0.3) is 0 Å². The van der Waals surface area contributed by atoms with Gasteiger partial charge >= 0.3 is 5.97 Å². The van der Waals surface area contributed by atoms with E-state index in [0.29, 0.717) is 6.42 Å². The van der Waals surface area contributed by atoms with E-state index < -0.39 is 5.60 Å². The Morgan fingerprint density at radius 2 is 2.04 bits per heavy atom. The zero-order valence-electron chi connectivity index (χ0n) is 14.0. The predicted octanol–water partition coefficient (Wildman–Crippen LogP) is 3.24. The van der Waals surface area contributed by atoms with Gasteiger partial charge in [-0.1, -0.05) is 30.3 Å². The zero-order valence-corrected chi connectivity index (χ0v) is 14.0. The molecule has 0 saturated heterocycles. The number of hydrogen-bond donors (Lipinski definition) is 0. The summed E-state index contributed by atoms with van der Waals surface area (Å²) < 4.78 is 7.39. The third-order valence-corrected chi connectivity index (χ3v) is 3.88. The fraction of sp³-hybridized carbons (Fsp3) is 0.500. The highest BCUT2D eigenvalue weighted by Gasteiger charge is 2.26. The van der Waals surface area contributed by atoms with E-state index in [2.05, 4.69) is 10.1 Å². The molecule has 0 saturated carbocycles. The van der Waals surface area contributed by atoms with Gasteiger partial charge in [-0.3, -0.25) is 4.79 Å². The molecule has 122 valence electrons. The highest BCUT2D eigenvalue weighted by Crippen LogP contribution is 2.25. The van der Waals surface area contributed by atoms with Crippen molar-refractivity contribution in [3.05, 3.63) is 36.2 Å². The summed E-state index contributed by atoms with van der Waals surface area (Å²) in [6, 6.07) is 9.98. The number of aromatic nitrogens is 3. The third kappa shape index (κ3) is 3.97. The molecule has 0 aliphatic carbocycles. The molecule has 5 heteroatoms. The number of ether oxygens (including phenoxy) is 1. The number of benzene rings is 1. The molecule has 23 heavy (non-hydrogen) atoms. The van der Waals surface area contributed by atoms with Crippen molar-refractivity contribution in [1.29, 1.82) is 0 Å². The molecule has 1 aromatic heterocycles. The second-order valence-corrected chi connectivity index (χ2v) is 7.09. The number of aryl methyl sites for hydroxylation is 1. The molecule has 0 bridgehead atoms. The molecule has 1 aromatic carbocycles. The van der Waals surface area contributed by atoms with E-state index in [1.807, 2.05) is 55.8 Å². The Hall–Kier alpha value is -2.17. The number of esters is 1. The molecular weight excluding hydrogens is 290 g/mol. The van der Waals surface area contributed by atoms with Gasteiger partial charge in [-0.15, -0.1) is 0 Å². The van der Waals surface area contributed by atoms with Crippen LogP contribution >= 0.6 is 0 Å². The number of carbonyl (C=O) groups is 1. The lowest BCUT2D eigenvalue weighted by Crippen LogP contribution is -2.28. The lowest BCUT2D eigenvalue weighted by atomic mass is 9.94. The van der Waals surface area contributed by atoms with Crippen molar-refractivity contribution in [3.8, 4) is 11.4 Å². The SMILES string of the molecule is CC(C)(C)OC(=O)CC1CCn2nc(-c3ccccc3)nc2C1. The first-order valence-corrected chi connectivity index (χ1v) is 8.12. The van der Waals surface area contributed by atoms with Gasteiger partial charge < -0.3 is 4.74 Å². The van der Waals surface area contributed by atoms with Crippen molar-refractivity contribution in [2.24, 2.45) is 5.92 Å². The Morgan fingerprint density at radius 3 is 2.74 bits per heavy atom. The van der Waals surface area contributed by atoms with Crippen molar-refractivity contribution in [2.45, 2.75) is 52.2 Å². The molecule has 1 aliphatic heterocycles. The second-order valence-electron chi connectivity index (χ2n) is 7.09. The van der Waals surface area contributed by atoms with Crippen LogP contribution in [0.1, 0.15) is 39.4 Å². The standard InChI is InChI=1S/C18H23N3O2/c1-18(2,3)23-16(22)12-13-9-10-21-15(11-13)19-17(20-21)14-7-5-4-6-8-14/h4-8,13H,9-12H2,1-3H3. The van der Waals surface area contributed by atoms with Gasteiger partial charge in [-0.05, 0) is 33.1 Å². The molecule has 2 aromatic rings. The normalized spacial score (nSPS) is 17.6. The number of hydrogen-bond acceptors (Lipinski definition) is 4. The lowest BCUT2D eigenvalue weighted by molar-refractivity contribution is -0.156. The molecule has 0 N–H and O–H groups in total. The van der Waals surface area contributed by atoms with E-state index in [1.165, 1.54) is 0 Å². The van der Waals surface area contributed by atoms with Crippen molar-refractivity contribution >= 4 is 5.97 Å². The average Bonchev–Trinajstić information content (AvgIpc) is 2.89. The molecule has 0 spiro atoms. The maximum Gasteiger partial charge on any atom is 0.306 e. The highest BCUT2D eigenvalue weighted by atomic mass is 16.6. The monoisotopic (exact) mass is 313 g/mol. The third-order valence-electron chi connectivity index (χ3n) is 3.88. The zero-order chi connectivity index (χ0) is 16.4. The smallest absolute Gasteiger partial charge is 0.306 e. The van der Waals surface area contributed by atoms with Crippen molar-refractivity contribution in [1.82, 2.24) is 14.8 Å². The van der Waals surface area contributed by atoms with Gasteiger partial charge in [0.05, 0.1) is 0 Å². The van der Waals surface area contributed by atoms with Crippen LogP contribution < -0.4 is 0 Å². The molecule has 0 radical (unpaired) electrons. The van der Waals surface area contributed by atoms with Crippen LogP contribution in [-0.2, 0) is 22.5 Å². The first kappa shape index (κ1) is 15.7. The van der Waals surface area contributed by atoms with Crippen LogP contribution in [0, 0.1) is 5.92 Å². The predicted molar refractivity (Wildman–Crippen MR) is 87.7 cm³/mol. The Kier molecular flexibility index (Phi) is 4.20. The fourth-order valence-electron chi connectivity index (χ4n) is 2.87. The minimum absolute atomic E-state index is 0.126. The fourth-order valence-corrected chi connectivity index (χ4v) is 2.87. The summed E-state index contributed by atoms with van der Waals surface area (Å²) in [5.74, 6) is 1.88. The van der Waals surface area contributed by atoms with Gasteiger partial charge in [0.1, 0.15) is 11.4 Å². The van der Waals surface area contributed by atoms with Gasteiger partial charge in [-0.25, -0.2) is 9.67 Å². The van der Waals surface area contributed by atoms with E-state index in [9.17, 15) is 4.79 Å². The lowest BCUT2D eigenvalue weighted by Gasteiger charge is -2.24. The average molecular weight is 313 g/mol. The number of nitrogens with zero attached hydrogens (tertiary/aromatic N) is 3. The topological polar surface area (TPSA) is 57.0 Å². The van der Waals surface area contributed by atoms with Crippen LogP contribution in [0.2, 0.25) is 0 Å². The maximum atomic E-state index is 12.0. The van der Waals surface area contributed by atoms with E-state index >= 15 is 0 Å². The van der Waals surface area contributed by atoms with Gasteiger partial charge in [0.2, 0.25) is 0 Å². The number of fused-ring (bicyclic) bond motifs is 1. The van der Waals surface area contributed by atoms with Crippen LogP contribution in [0.25, 0.3) is 11.4 Å². The summed E-state index contributed by atoms with van der Waals surface area (Å²) in [6.45, 7) is 6.50. The minimum Gasteiger partial charge on any atom is -0.460 e. The van der Waals surface area contributed by atoms with Gasteiger partial charge in [0, 0.05) is 24.9 Å². The van der Waals surface area contributed by atoms with Crippen molar-refractivity contribution in [2.75, 3.05) is 0 Å². The van der Waals surface area contributed by atoms with Crippen LogP contribution in [0.15, 0.2) is 30.3 Å². The Morgan fingerprint density at radius 1 is 1.30 bits per heavy atom. The maximum absolute atomic E-state index is 12.0. The van der Waals surface area contributed by atoms with Gasteiger partial charge in [-0.2, -0.15) is 5.10 Å². The van der Waals surface area contributed by atoms with Crippen LogP contribution in [0.5, 0.6) is 0 Å². The van der Waals surface area contributed by atoms with Gasteiger partial charge in [0.15, 0.2) is 5.82 Å². The van der Waals surface area contributed by atoms with Crippen LogP contribution in [0.3, 0.4) is 0 Å². The van der Waals surface area contributed by atoms with E-state index in [-0.39, 0.29) is 11.9 Å². The Bertz CT molecular complexity index is 686. The molecule has 3 rings (SSSR count). The molecule has 5 nitrogen and oxygen atoms in total. The van der Waals surface area contributed by atoms with Crippen molar-refractivity contribution < 1.29 is 9.53 Å². The Labute approximate surface area is 136 Å². The molecule has 0 amide bonds. The summed E-state index contributed by atoms with van der Waals surface area (Å²) in [7, 11) is 0. The van der Waals surface area contributed by atoms with Crippen LogP contribution in [-0.4, -0.2) is 26.3 Å². The molecule has 2 heterocycles. The molecule has 0 fully saturated rings. The molecule has 1 unspecified atom stereocenters. The number of rotatable bonds is 3. The molecule has 1 aliphatic rings. The van der Waals surface area contributed by atoms with Crippen molar-refractivity contribution in [3.63, 3.8) is 0 Å². The number of carbonyl (C=O) groups excluding carboxylic acids is 1. The van der Waals surface area contributed by atoms with E-state index in [4.69, 9.17) is 4.74 Å². The molecular formula is C18H23N3O2. The minimum atomic E-state index is -0.424. The Balaban J connectivity index is 1.67. The first-order valence-electron chi connectivity index (χ1n) is 8.12. The highest BCUT2D eigenvalue weighted by molar-refractivity contribution is 5.70. The van der Waals surface area contributed by atoms with E-state index in [1.54, 1.807) is 0 Å². The quantitative estimate of drug-likeness (QED) is 0.816. The summed E-state index contributed by atoms with van der Waals surface area (Å²) >= 11 is 0. The first-order chi connectivity index (χ1) is 10.9. The van der Waals surface area contributed by atoms with E-state index in [0.717, 1.165) is 36.6 Å².